The molecule has 1 heterocycles. The van der Waals surface area contributed by atoms with Crippen molar-refractivity contribution in [2.45, 2.75) is 0 Å². The molecule has 1 aromatic rings. The van der Waals surface area contributed by atoms with E-state index in [1.54, 1.807) is 0 Å². The van der Waals surface area contributed by atoms with Crippen molar-refractivity contribution in [3.05, 3.63) is 26.3 Å². The van der Waals surface area contributed by atoms with Gasteiger partial charge in [-0.15, -0.1) is 0 Å². The topological polar surface area (TPSA) is 136 Å². The highest BCUT2D eigenvalue weighted by molar-refractivity contribution is 7.19. The molecule has 0 radical (unpaired) electrons. The molecule has 0 bridgehead atoms. The van der Waals surface area contributed by atoms with Crippen molar-refractivity contribution in [3.8, 4) is 0 Å². The number of carboxylic acids is 1. The van der Waals surface area contributed by atoms with Crippen LogP contribution in [0.15, 0.2) is 6.07 Å². The molecule has 16 heavy (non-hydrogen) atoms. The van der Waals surface area contributed by atoms with Crippen LogP contribution in [-0.2, 0) is 4.79 Å². The highest BCUT2D eigenvalue weighted by Gasteiger charge is 2.24. The number of aliphatic carboxylic acids is 1. The molecule has 0 atom stereocenters. The Morgan fingerprint density at radius 2 is 2.06 bits per heavy atom. The fourth-order valence-corrected chi connectivity index (χ4v) is 1.71. The Balaban J connectivity index is 3.00. The van der Waals surface area contributed by atoms with Crippen LogP contribution >= 0.6 is 11.3 Å². The molecule has 0 saturated heterocycles. The van der Waals surface area contributed by atoms with E-state index in [0.29, 0.717) is 11.3 Å². The summed E-state index contributed by atoms with van der Waals surface area (Å²) in [6, 6.07) is 0.787. The van der Waals surface area contributed by atoms with E-state index in [9.17, 15) is 25.0 Å². The van der Waals surface area contributed by atoms with Crippen LogP contribution in [0.3, 0.4) is 0 Å². The van der Waals surface area contributed by atoms with Crippen molar-refractivity contribution in [2.24, 2.45) is 0 Å². The van der Waals surface area contributed by atoms with Gasteiger partial charge in [0.05, 0.1) is 9.85 Å². The highest BCUT2D eigenvalue weighted by atomic mass is 32.1. The summed E-state index contributed by atoms with van der Waals surface area (Å²) >= 11 is 0.523. The number of rotatable bonds is 5. The maximum atomic E-state index is 10.5. The number of nitrogens with one attached hydrogen (secondary N) is 1. The lowest BCUT2D eigenvalue weighted by molar-refractivity contribution is -0.389. The van der Waals surface area contributed by atoms with Crippen LogP contribution in [0.25, 0.3) is 0 Å². The maximum absolute atomic E-state index is 10.5. The third-order valence-electron chi connectivity index (χ3n) is 1.48. The van der Waals surface area contributed by atoms with Gasteiger partial charge in [0, 0.05) is 0 Å². The summed E-state index contributed by atoms with van der Waals surface area (Å²) in [6.07, 6.45) is 0. The molecule has 0 aromatic carbocycles. The summed E-state index contributed by atoms with van der Waals surface area (Å²) in [5.41, 5.74) is -0.502. The number of anilines is 1. The van der Waals surface area contributed by atoms with Gasteiger partial charge >= 0.3 is 16.7 Å². The molecule has 1 rings (SSSR count). The number of carbonyl (C=O) groups is 1. The van der Waals surface area contributed by atoms with Gasteiger partial charge in [0.2, 0.25) is 0 Å². The van der Waals surface area contributed by atoms with E-state index in [4.69, 9.17) is 5.11 Å². The second-order valence-electron chi connectivity index (χ2n) is 2.56. The minimum Gasteiger partial charge on any atom is -0.480 e. The van der Waals surface area contributed by atoms with Crippen LogP contribution in [0.4, 0.5) is 15.7 Å². The number of thiophene rings is 1. The van der Waals surface area contributed by atoms with Gasteiger partial charge in [-0.25, -0.2) is 0 Å². The molecule has 86 valence electrons. The molecular formula is C6H5N3O6S. The standard InChI is InChI=1S/C6H5N3O6S/c10-5(11)2-7-6-3(8(12)13)1-4(16-6)9(14)15/h1,7H,2H2,(H,10,11). The first kappa shape index (κ1) is 11.8. The Labute approximate surface area is 91.6 Å². The molecule has 0 spiro atoms. The number of hydrogen-bond acceptors (Lipinski definition) is 7. The third kappa shape index (κ3) is 2.63. The monoisotopic (exact) mass is 247 g/mol. The molecule has 0 fully saturated rings. The van der Waals surface area contributed by atoms with Gasteiger partial charge in [-0.1, -0.05) is 0 Å². The zero-order valence-corrected chi connectivity index (χ0v) is 8.39. The zero-order valence-electron chi connectivity index (χ0n) is 7.58. The first-order valence-corrected chi connectivity index (χ1v) is 4.61. The minimum absolute atomic E-state index is 0.140. The fourth-order valence-electron chi connectivity index (χ4n) is 0.877. The first-order valence-electron chi connectivity index (χ1n) is 3.80. The molecule has 0 aliphatic heterocycles. The van der Waals surface area contributed by atoms with Crippen LogP contribution in [0.2, 0.25) is 0 Å². The molecule has 0 amide bonds. The number of nitrogens with zero attached hydrogens (tertiary/aromatic N) is 2. The van der Waals surface area contributed by atoms with Crippen LogP contribution < -0.4 is 5.32 Å². The quantitative estimate of drug-likeness (QED) is 0.586. The Hall–Kier alpha value is -2.23. The predicted octanol–water partition coefficient (Wildman–Crippen LogP) is 1.06. The predicted molar refractivity (Wildman–Crippen MR) is 53.8 cm³/mol. The van der Waals surface area contributed by atoms with Crippen molar-refractivity contribution in [1.82, 2.24) is 0 Å². The van der Waals surface area contributed by atoms with E-state index in [1.165, 1.54) is 0 Å². The number of hydrogen-bond donors (Lipinski definition) is 2. The normalized spacial score (nSPS) is 9.75. The Morgan fingerprint density at radius 3 is 2.50 bits per heavy atom. The molecule has 0 aliphatic carbocycles. The number of carboxylic acid groups (broad SMARTS) is 1. The van der Waals surface area contributed by atoms with Crippen LogP contribution in [-0.4, -0.2) is 27.5 Å². The minimum atomic E-state index is -1.22. The Kier molecular flexibility index (Phi) is 3.35. The van der Waals surface area contributed by atoms with Crippen molar-refractivity contribution in [2.75, 3.05) is 11.9 Å². The van der Waals surface area contributed by atoms with E-state index in [2.05, 4.69) is 5.32 Å². The van der Waals surface area contributed by atoms with Gasteiger partial charge in [0.1, 0.15) is 12.6 Å². The van der Waals surface area contributed by atoms with Crippen LogP contribution in [0, 0.1) is 20.2 Å². The van der Waals surface area contributed by atoms with E-state index in [0.717, 1.165) is 6.07 Å². The van der Waals surface area contributed by atoms with E-state index >= 15 is 0 Å². The smallest absolute Gasteiger partial charge is 0.333 e. The van der Waals surface area contributed by atoms with Gasteiger partial charge in [0.15, 0.2) is 5.00 Å². The summed E-state index contributed by atoms with van der Waals surface area (Å²) in [5, 5.41) is 30.9. The van der Waals surface area contributed by atoms with Gasteiger partial charge in [0.25, 0.3) is 0 Å². The van der Waals surface area contributed by atoms with Gasteiger partial charge in [-0.05, 0) is 11.3 Å². The highest BCUT2D eigenvalue weighted by Crippen LogP contribution is 2.38. The molecule has 9 nitrogen and oxygen atoms in total. The van der Waals surface area contributed by atoms with E-state index in [1.807, 2.05) is 0 Å². The second-order valence-corrected chi connectivity index (χ2v) is 3.59. The van der Waals surface area contributed by atoms with Crippen molar-refractivity contribution < 1.29 is 19.7 Å². The van der Waals surface area contributed by atoms with Gasteiger partial charge < -0.3 is 10.4 Å². The average Bonchev–Trinajstić information content (AvgIpc) is 2.58. The Morgan fingerprint density at radius 1 is 1.44 bits per heavy atom. The molecule has 0 saturated carbocycles. The van der Waals surface area contributed by atoms with Crippen molar-refractivity contribution in [1.29, 1.82) is 0 Å². The van der Waals surface area contributed by atoms with Crippen LogP contribution in [0.5, 0.6) is 0 Å². The largest absolute Gasteiger partial charge is 0.480 e. The van der Waals surface area contributed by atoms with Crippen LogP contribution in [0.1, 0.15) is 0 Å². The van der Waals surface area contributed by atoms with E-state index in [-0.39, 0.29) is 5.00 Å². The zero-order chi connectivity index (χ0) is 12.3. The third-order valence-corrected chi connectivity index (χ3v) is 2.51. The Bertz CT molecular complexity index is 455. The molecule has 2 N–H and O–H groups in total. The number of nitro groups is 2. The molecule has 0 aliphatic rings. The lowest BCUT2D eigenvalue weighted by atomic mass is 10.5. The average molecular weight is 247 g/mol. The van der Waals surface area contributed by atoms with Gasteiger partial charge in [-0.3, -0.25) is 25.0 Å². The lowest BCUT2D eigenvalue weighted by Gasteiger charge is -1.97. The fraction of sp³-hybridized carbons (Fsp3) is 0.167. The molecular weight excluding hydrogens is 242 g/mol. The summed E-state index contributed by atoms with van der Waals surface area (Å²) in [7, 11) is 0. The summed E-state index contributed by atoms with van der Waals surface area (Å²) < 4.78 is 0. The molecule has 10 heteroatoms. The SMILES string of the molecule is O=C(O)CNc1sc([N+](=O)[O-])cc1[N+](=O)[O-]. The van der Waals surface area contributed by atoms with Crippen molar-refractivity contribution in [3.63, 3.8) is 0 Å². The summed E-state index contributed by atoms with van der Waals surface area (Å²) in [4.78, 5) is 29.5. The van der Waals surface area contributed by atoms with Gasteiger partial charge in [-0.2, -0.15) is 0 Å². The van der Waals surface area contributed by atoms with Crippen molar-refractivity contribution >= 4 is 33.0 Å². The lowest BCUT2D eigenvalue weighted by Crippen LogP contribution is -2.12. The maximum Gasteiger partial charge on any atom is 0.333 e. The first-order chi connectivity index (χ1) is 7.41. The summed E-state index contributed by atoms with van der Waals surface area (Å²) in [5.74, 6) is -1.22. The summed E-state index contributed by atoms with van der Waals surface area (Å²) in [6.45, 7) is -0.543. The molecule has 1 aromatic heterocycles. The second kappa shape index (κ2) is 4.53. The molecule has 0 unspecified atom stereocenters. The van der Waals surface area contributed by atoms with E-state index < -0.39 is 33.0 Å².